The highest BCUT2D eigenvalue weighted by molar-refractivity contribution is 5.94. The summed E-state index contributed by atoms with van der Waals surface area (Å²) in [5, 5.41) is 10.9. The summed E-state index contributed by atoms with van der Waals surface area (Å²) in [5.41, 5.74) is 8.92. The number of hydrogen-bond donors (Lipinski definition) is 2. The molecule has 2 rings (SSSR count). The number of nitrogens with one attached hydrogen (secondary N) is 1. The van der Waals surface area contributed by atoms with E-state index in [0.29, 0.717) is 12.2 Å². The van der Waals surface area contributed by atoms with Crippen LogP contribution in [0.25, 0.3) is 0 Å². The van der Waals surface area contributed by atoms with Crippen molar-refractivity contribution in [3.63, 3.8) is 0 Å². The zero-order valence-electron chi connectivity index (χ0n) is 11.9. The van der Waals surface area contributed by atoms with Crippen LogP contribution in [0.4, 0.5) is 5.69 Å². The Hall–Kier alpha value is -2.21. The number of carbonyl (C=O) groups is 1. The number of hydrogen-bond acceptors (Lipinski definition) is 4. The second-order valence-electron chi connectivity index (χ2n) is 4.75. The minimum Gasteiger partial charge on any atom is -0.325 e. The first-order valence-corrected chi connectivity index (χ1v) is 6.51. The molecule has 0 saturated carbocycles. The van der Waals surface area contributed by atoms with Crippen LogP contribution in [0.3, 0.4) is 0 Å². The Morgan fingerprint density at radius 1 is 1.40 bits per heavy atom. The van der Waals surface area contributed by atoms with Gasteiger partial charge in [0.1, 0.15) is 6.04 Å². The molecule has 1 aromatic carbocycles. The molecule has 20 heavy (non-hydrogen) atoms. The van der Waals surface area contributed by atoms with Gasteiger partial charge in [0.15, 0.2) is 0 Å². The molecule has 6 nitrogen and oxygen atoms in total. The molecule has 0 radical (unpaired) electrons. The molecule has 106 valence electrons. The van der Waals surface area contributed by atoms with Gasteiger partial charge in [0.2, 0.25) is 5.91 Å². The molecule has 0 aliphatic heterocycles. The van der Waals surface area contributed by atoms with Gasteiger partial charge in [-0.15, -0.1) is 5.10 Å². The van der Waals surface area contributed by atoms with E-state index in [1.807, 2.05) is 38.1 Å². The maximum absolute atomic E-state index is 12.3. The molecular formula is C14H19N5O. The summed E-state index contributed by atoms with van der Waals surface area (Å²) in [6.07, 6.45) is 0. The van der Waals surface area contributed by atoms with Crippen molar-refractivity contribution in [3.8, 4) is 0 Å². The van der Waals surface area contributed by atoms with Gasteiger partial charge in [-0.1, -0.05) is 23.4 Å². The second-order valence-corrected chi connectivity index (χ2v) is 4.75. The third kappa shape index (κ3) is 2.70. The number of para-hydroxylation sites is 1. The van der Waals surface area contributed by atoms with E-state index in [1.54, 1.807) is 11.6 Å². The third-order valence-electron chi connectivity index (χ3n) is 3.37. The van der Waals surface area contributed by atoms with Gasteiger partial charge in [0, 0.05) is 12.2 Å². The highest BCUT2D eigenvalue weighted by Crippen LogP contribution is 2.17. The van der Waals surface area contributed by atoms with Gasteiger partial charge in [-0.2, -0.15) is 0 Å². The highest BCUT2D eigenvalue weighted by Gasteiger charge is 2.20. The van der Waals surface area contributed by atoms with Crippen molar-refractivity contribution in [1.29, 1.82) is 0 Å². The highest BCUT2D eigenvalue weighted by atomic mass is 16.2. The lowest BCUT2D eigenvalue weighted by Crippen LogP contribution is -2.25. The molecule has 0 spiro atoms. The van der Waals surface area contributed by atoms with Crippen molar-refractivity contribution in [3.05, 3.63) is 41.2 Å². The first kappa shape index (κ1) is 14.2. The van der Waals surface area contributed by atoms with Crippen molar-refractivity contribution in [2.75, 3.05) is 5.32 Å². The predicted octanol–water partition coefficient (Wildman–Crippen LogP) is 1.55. The molecule has 1 heterocycles. The van der Waals surface area contributed by atoms with Crippen LogP contribution in [-0.2, 0) is 11.3 Å². The number of rotatable bonds is 4. The van der Waals surface area contributed by atoms with Crippen LogP contribution >= 0.6 is 0 Å². The summed E-state index contributed by atoms with van der Waals surface area (Å²) in [6, 6.07) is 7.21. The normalized spacial score (nSPS) is 12.2. The molecule has 1 aromatic heterocycles. The number of benzene rings is 1. The molecule has 2 aromatic rings. The Balaban J connectivity index is 2.17. The maximum Gasteiger partial charge on any atom is 0.249 e. The van der Waals surface area contributed by atoms with Crippen molar-refractivity contribution < 1.29 is 4.79 Å². The van der Waals surface area contributed by atoms with Gasteiger partial charge >= 0.3 is 0 Å². The monoisotopic (exact) mass is 273 g/mol. The summed E-state index contributed by atoms with van der Waals surface area (Å²) in [4.78, 5) is 12.3. The van der Waals surface area contributed by atoms with Crippen molar-refractivity contribution in [1.82, 2.24) is 15.0 Å². The Kier molecular flexibility index (Phi) is 4.14. The molecule has 0 aliphatic rings. The lowest BCUT2D eigenvalue weighted by Gasteiger charge is -2.15. The molecule has 1 amide bonds. The summed E-state index contributed by atoms with van der Waals surface area (Å²) in [7, 11) is 0. The van der Waals surface area contributed by atoms with E-state index in [4.69, 9.17) is 5.73 Å². The van der Waals surface area contributed by atoms with Gasteiger partial charge < -0.3 is 11.1 Å². The number of nitrogens with zero attached hydrogens (tertiary/aromatic N) is 3. The SMILES string of the molecule is Cc1ccccc1NC(=O)C(C)n1nnc(CN)c1C. The second kappa shape index (κ2) is 5.83. The fraction of sp³-hybridized carbons (Fsp3) is 0.357. The van der Waals surface area contributed by atoms with Crippen LogP contribution in [-0.4, -0.2) is 20.9 Å². The Morgan fingerprint density at radius 2 is 2.10 bits per heavy atom. The van der Waals surface area contributed by atoms with Crippen molar-refractivity contribution in [2.45, 2.75) is 33.4 Å². The van der Waals surface area contributed by atoms with Gasteiger partial charge in [-0.05, 0) is 32.4 Å². The Bertz CT molecular complexity index is 620. The average molecular weight is 273 g/mol. The zero-order chi connectivity index (χ0) is 14.7. The van der Waals surface area contributed by atoms with Crippen LogP contribution in [0.2, 0.25) is 0 Å². The standard InChI is InChI=1S/C14H19N5O/c1-9-6-4-5-7-12(9)16-14(20)11(3)19-10(2)13(8-15)17-18-19/h4-7,11H,8,15H2,1-3H3,(H,16,20). The summed E-state index contributed by atoms with van der Waals surface area (Å²) in [6.45, 7) is 5.92. The van der Waals surface area contributed by atoms with E-state index in [1.165, 1.54) is 0 Å². The van der Waals surface area contributed by atoms with Gasteiger partial charge in [0.25, 0.3) is 0 Å². The molecule has 1 unspecified atom stereocenters. The average Bonchev–Trinajstić information content (AvgIpc) is 2.81. The topological polar surface area (TPSA) is 85.8 Å². The molecule has 0 fully saturated rings. The van der Waals surface area contributed by atoms with E-state index < -0.39 is 6.04 Å². The van der Waals surface area contributed by atoms with E-state index in [0.717, 1.165) is 16.9 Å². The largest absolute Gasteiger partial charge is 0.325 e. The van der Waals surface area contributed by atoms with E-state index in [9.17, 15) is 4.79 Å². The summed E-state index contributed by atoms with van der Waals surface area (Å²) >= 11 is 0. The van der Waals surface area contributed by atoms with Gasteiger partial charge in [-0.3, -0.25) is 4.79 Å². The van der Waals surface area contributed by atoms with Crippen molar-refractivity contribution >= 4 is 11.6 Å². The molecule has 0 aliphatic carbocycles. The quantitative estimate of drug-likeness (QED) is 0.885. The number of carbonyl (C=O) groups excluding carboxylic acids is 1. The molecule has 0 saturated heterocycles. The lowest BCUT2D eigenvalue weighted by atomic mass is 10.2. The van der Waals surface area contributed by atoms with Gasteiger partial charge in [0.05, 0.1) is 11.4 Å². The first-order valence-electron chi connectivity index (χ1n) is 6.51. The number of amides is 1. The van der Waals surface area contributed by atoms with Crippen LogP contribution in [0.1, 0.15) is 29.9 Å². The smallest absolute Gasteiger partial charge is 0.249 e. The van der Waals surface area contributed by atoms with Crippen molar-refractivity contribution in [2.24, 2.45) is 5.73 Å². The van der Waals surface area contributed by atoms with Gasteiger partial charge in [-0.25, -0.2) is 4.68 Å². The minimum atomic E-state index is -0.442. The van der Waals surface area contributed by atoms with Crippen LogP contribution in [0.5, 0.6) is 0 Å². The third-order valence-corrected chi connectivity index (χ3v) is 3.37. The lowest BCUT2D eigenvalue weighted by molar-refractivity contribution is -0.119. The molecule has 1 atom stereocenters. The first-order chi connectivity index (χ1) is 9.54. The van der Waals surface area contributed by atoms with Crippen LogP contribution in [0, 0.1) is 13.8 Å². The molecule has 0 bridgehead atoms. The fourth-order valence-corrected chi connectivity index (χ4v) is 1.99. The zero-order valence-corrected chi connectivity index (χ0v) is 11.9. The molecular weight excluding hydrogens is 254 g/mol. The number of aromatic nitrogens is 3. The number of anilines is 1. The molecule has 6 heteroatoms. The number of aryl methyl sites for hydroxylation is 1. The fourth-order valence-electron chi connectivity index (χ4n) is 1.99. The minimum absolute atomic E-state index is 0.129. The van der Waals surface area contributed by atoms with E-state index in [-0.39, 0.29) is 5.91 Å². The maximum atomic E-state index is 12.3. The summed E-state index contributed by atoms with van der Waals surface area (Å²) in [5.74, 6) is -0.129. The van der Waals surface area contributed by atoms with Crippen LogP contribution < -0.4 is 11.1 Å². The predicted molar refractivity (Wildman–Crippen MR) is 77.2 cm³/mol. The Labute approximate surface area is 118 Å². The van der Waals surface area contributed by atoms with E-state index in [2.05, 4.69) is 15.6 Å². The summed E-state index contributed by atoms with van der Waals surface area (Å²) < 4.78 is 1.59. The van der Waals surface area contributed by atoms with E-state index >= 15 is 0 Å². The Morgan fingerprint density at radius 3 is 2.70 bits per heavy atom. The molecule has 3 N–H and O–H groups in total. The van der Waals surface area contributed by atoms with Crippen LogP contribution in [0.15, 0.2) is 24.3 Å². The number of nitrogens with two attached hydrogens (primary N) is 1.